The van der Waals surface area contributed by atoms with Gasteiger partial charge in [0.05, 0.1) is 6.20 Å². The zero-order valence-corrected chi connectivity index (χ0v) is 17.9. The van der Waals surface area contributed by atoms with Crippen molar-refractivity contribution in [3.05, 3.63) is 59.3 Å². The number of carbonyl (C=O) groups is 1. The first-order valence-electron chi connectivity index (χ1n) is 10.4. The maximum atomic E-state index is 13.0. The molecule has 2 N–H and O–H groups in total. The standard InChI is InChI=1S/C21H19ClF3N7O/c22-16-8-9-19-28-14(10-32(19)30-16)20(33)27-13-6-4-12(5-7-13)26-17-2-1-3-18-29-15(11-31(17)18)21(23,24)25/h1-3,8-13,26H,4-7H2,(H,27,33). The van der Waals surface area contributed by atoms with Gasteiger partial charge in [-0.1, -0.05) is 17.7 Å². The molecule has 1 aliphatic rings. The van der Waals surface area contributed by atoms with Crippen molar-refractivity contribution in [1.82, 2.24) is 29.3 Å². The summed E-state index contributed by atoms with van der Waals surface area (Å²) in [7, 11) is 0. The number of hydrogen-bond acceptors (Lipinski definition) is 5. The van der Waals surface area contributed by atoms with Crippen LogP contribution in [0.25, 0.3) is 11.3 Å². The number of imidazole rings is 2. The summed E-state index contributed by atoms with van der Waals surface area (Å²) in [6.45, 7) is 0. The number of fused-ring (bicyclic) bond motifs is 2. The summed E-state index contributed by atoms with van der Waals surface area (Å²) in [5.74, 6) is 0.273. The summed E-state index contributed by atoms with van der Waals surface area (Å²) in [4.78, 5) is 20.5. The Labute approximate surface area is 190 Å². The lowest BCUT2D eigenvalue weighted by atomic mass is 9.91. The van der Waals surface area contributed by atoms with E-state index in [-0.39, 0.29) is 29.3 Å². The first kappa shape index (κ1) is 21.5. The normalized spacial score (nSPS) is 19.2. The van der Waals surface area contributed by atoms with E-state index >= 15 is 0 Å². The average molecular weight is 478 g/mol. The molecule has 0 spiro atoms. The summed E-state index contributed by atoms with van der Waals surface area (Å²) in [5, 5.41) is 10.7. The fourth-order valence-corrected chi connectivity index (χ4v) is 4.23. The van der Waals surface area contributed by atoms with Gasteiger partial charge in [-0.15, -0.1) is 0 Å². The molecule has 0 atom stereocenters. The van der Waals surface area contributed by atoms with Gasteiger partial charge in [-0.25, -0.2) is 14.5 Å². The molecule has 0 aliphatic heterocycles. The quantitative estimate of drug-likeness (QED) is 0.460. The lowest BCUT2D eigenvalue weighted by Crippen LogP contribution is -2.40. The maximum absolute atomic E-state index is 13.0. The summed E-state index contributed by atoms with van der Waals surface area (Å²) in [6, 6.07) is 8.28. The number of hydrogen-bond donors (Lipinski definition) is 2. The molecule has 5 rings (SSSR count). The van der Waals surface area contributed by atoms with Crippen LogP contribution >= 0.6 is 11.6 Å². The minimum Gasteiger partial charge on any atom is -0.368 e. The minimum absolute atomic E-state index is 0.0159. The Bertz CT molecular complexity index is 1320. The second-order valence-corrected chi connectivity index (χ2v) is 8.40. The van der Waals surface area contributed by atoms with Crippen LogP contribution in [0.2, 0.25) is 5.15 Å². The largest absolute Gasteiger partial charge is 0.434 e. The molecule has 172 valence electrons. The highest BCUT2D eigenvalue weighted by atomic mass is 35.5. The van der Waals surface area contributed by atoms with Gasteiger partial charge in [0.25, 0.3) is 5.91 Å². The Kier molecular flexibility index (Phi) is 5.35. The third-order valence-electron chi connectivity index (χ3n) is 5.72. The van der Waals surface area contributed by atoms with Crippen LogP contribution in [0, 0.1) is 0 Å². The van der Waals surface area contributed by atoms with E-state index in [4.69, 9.17) is 11.6 Å². The Morgan fingerprint density at radius 3 is 2.52 bits per heavy atom. The highest BCUT2D eigenvalue weighted by Crippen LogP contribution is 2.30. The summed E-state index contributed by atoms with van der Waals surface area (Å²) < 4.78 is 41.9. The fraction of sp³-hybridized carbons (Fsp3) is 0.333. The first-order chi connectivity index (χ1) is 15.8. The van der Waals surface area contributed by atoms with Crippen LogP contribution in [-0.4, -0.2) is 42.0 Å². The minimum atomic E-state index is -4.50. The summed E-state index contributed by atoms with van der Waals surface area (Å²) >= 11 is 5.87. The number of amides is 1. The van der Waals surface area contributed by atoms with Crippen LogP contribution in [0.4, 0.5) is 19.0 Å². The molecule has 8 nitrogen and oxygen atoms in total. The Morgan fingerprint density at radius 1 is 1.00 bits per heavy atom. The maximum Gasteiger partial charge on any atom is 0.434 e. The molecule has 0 bridgehead atoms. The predicted octanol–water partition coefficient (Wildman–Crippen LogP) is 4.20. The second-order valence-electron chi connectivity index (χ2n) is 8.01. The molecule has 0 radical (unpaired) electrons. The molecule has 1 saturated carbocycles. The molecular formula is C21H19ClF3N7O. The third-order valence-corrected chi connectivity index (χ3v) is 5.92. The number of carbonyl (C=O) groups excluding carboxylic acids is 1. The van der Waals surface area contributed by atoms with E-state index in [0.29, 0.717) is 16.6 Å². The topological polar surface area (TPSA) is 88.6 Å². The summed E-state index contributed by atoms with van der Waals surface area (Å²) in [5.41, 5.74) is 0.0983. The van der Waals surface area contributed by atoms with Crippen molar-refractivity contribution in [1.29, 1.82) is 0 Å². The number of anilines is 1. The Morgan fingerprint density at radius 2 is 1.76 bits per heavy atom. The number of pyridine rings is 1. The first-order valence-corrected chi connectivity index (χ1v) is 10.8. The Hall–Kier alpha value is -3.34. The van der Waals surface area contributed by atoms with Gasteiger partial charge in [0, 0.05) is 18.3 Å². The van der Waals surface area contributed by atoms with E-state index in [1.807, 2.05) is 0 Å². The smallest absolute Gasteiger partial charge is 0.368 e. The van der Waals surface area contributed by atoms with Crippen molar-refractivity contribution >= 4 is 34.6 Å². The van der Waals surface area contributed by atoms with Crippen molar-refractivity contribution in [2.24, 2.45) is 0 Å². The number of alkyl halides is 3. The summed E-state index contributed by atoms with van der Waals surface area (Å²) in [6.07, 6.45) is 1.01. The number of aromatic nitrogens is 5. The van der Waals surface area contributed by atoms with E-state index in [1.165, 1.54) is 21.2 Å². The third kappa shape index (κ3) is 4.45. The second kappa shape index (κ2) is 8.22. The zero-order chi connectivity index (χ0) is 23.2. The molecule has 0 unspecified atom stereocenters. The van der Waals surface area contributed by atoms with Crippen LogP contribution in [0.5, 0.6) is 0 Å². The van der Waals surface area contributed by atoms with E-state index in [1.54, 1.807) is 24.3 Å². The van der Waals surface area contributed by atoms with Crippen LogP contribution in [0.15, 0.2) is 42.7 Å². The van der Waals surface area contributed by atoms with Crippen molar-refractivity contribution in [3.8, 4) is 0 Å². The molecule has 0 saturated heterocycles. The van der Waals surface area contributed by atoms with Crippen LogP contribution in [-0.2, 0) is 6.18 Å². The van der Waals surface area contributed by atoms with Crippen LogP contribution < -0.4 is 10.6 Å². The van der Waals surface area contributed by atoms with Gasteiger partial charge in [-0.2, -0.15) is 18.3 Å². The SMILES string of the molecule is O=C(NC1CCC(Nc2cccc3nc(C(F)(F)F)cn23)CC1)c1cn2nc(Cl)ccc2n1. The van der Waals surface area contributed by atoms with Crippen LogP contribution in [0.1, 0.15) is 41.9 Å². The number of nitrogens with zero attached hydrogens (tertiary/aromatic N) is 5. The monoisotopic (exact) mass is 477 g/mol. The molecule has 1 aliphatic carbocycles. The molecule has 1 fully saturated rings. The van der Waals surface area contributed by atoms with Gasteiger partial charge >= 0.3 is 6.18 Å². The molecule has 4 aromatic heterocycles. The van der Waals surface area contributed by atoms with E-state index in [9.17, 15) is 18.0 Å². The molecule has 4 aromatic rings. The fourth-order valence-electron chi connectivity index (χ4n) is 4.08. The molecule has 4 heterocycles. The van der Waals surface area contributed by atoms with E-state index in [2.05, 4.69) is 25.7 Å². The molecular weight excluding hydrogens is 459 g/mol. The highest BCUT2D eigenvalue weighted by Gasteiger charge is 2.34. The molecule has 1 amide bonds. The Balaban J connectivity index is 1.20. The number of halogens is 4. The van der Waals surface area contributed by atoms with Crippen molar-refractivity contribution in [2.75, 3.05) is 5.32 Å². The van der Waals surface area contributed by atoms with Crippen LogP contribution in [0.3, 0.4) is 0 Å². The number of nitrogens with one attached hydrogen (secondary N) is 2. The lowest BCUT2D eigenvalue weighted by Gasteiger charge is -2.30. The van der Waals surface area contributed by atoms with E-state index in [0.717, 1.165) is 31.9 Å². The van der Waals surface area contributed by atoms with Gasteiger partial charge in [0.2, 0.25) is 0 Å². The van der Waals surface area contributed by atoms with Crippen molar-refractivity contribution < 1.29 is 18.0 Å². The van der Waals surface area contributed by atoms with Gasteiger partial charge in [0.15, 0.2) is 11.3 Å². The average Bonchev–Trinajstić information content (AvgIpc) is 3.39. The van der Waals surface area contributed by atoms with E-state index < -0.39 is 11.9 Å². The van der Waals surface area contributed by atoms with Crippen molar-refractivity contribution in [3.63, 3.8) is 0 Å². The molecule has 33 heavy (non-hydrogen) atoms. The number of rotatable bonds is 4. The lowest BCUT2D eigenvalue weighted by molar-refractivity contribution is -0.140. The van der Waals surface area contributed by atoms with Gasteiger partial charge in [-0.3, -0.25) is 9.20 Å². The van der Waals surface area contributed by atoms with Gasteiger partial charge in [0.1, 0.15) is 22.3 Å². The predicted molar refractivity (Wildman–Crippen MR) is 115 cm³/mol. The van der Waals surface area contributed by atoms with Gasteiger partial charge < -0.3 is 10.6 Å². The molecule has 0 aromatic carbocycles. The highest BCUT2D eigenvalue weighted by molar-refractivity contribution is 6.29. The van der Waals surface area contributed by atoms with Crippen molar-refractivity contribution in [2.45, 2.75) is 43.9 Å². The van der Waals surface area contributed by atoms with Gasteiger partial charge in [-0.05, 0) is 49.9 Å². The molecule has 12 heteroatoms. The zero-order valence-electron chi connectivity index (χ0n) is 17.2.